The SMILES string of the molecule is CCCNCc1cnc(-c2cccc(C)c2C)s1. The van der Waals surface area contributed by atoms with Gasteiger partial charge in [0.1, 0.15) is 5.01 Å². The number of nitrogens with one attached hydrogen (secondary N) is 1. The number of hydrogen-bond donors (Lipinski definition) is 1. The highest BCUT2D eigenvalue weighted by Gasteiger charge is 2.08. The van der Waals surface area contributed by atoms with Crippen LogP contribution in [0.2, 0.25) is 0 Å². The van der Waals surface area contributed by atoms with Crippen molar-refractivity contribution in [2.45, 2.75) is 33.7 Å². The molecule has 0 spiro atoms. The van der Waals surface area contributed by atoms with Crippen LogP contribution >= 0.6 is 11.3 Å². The van der Waals surface area contributed by atoms with Crippen LogP contribution in [0.4, 0.5) is 0 Å². The third-order valence-electron chi connectivity index (χ3n) is 3.11. The average molecular weight is 260 g/mol. The lowest BCUT2D eigenvalue weighted by Gasteiger charge is -2.05. The zero-order valence-corrected chi connectivity index (χ0v) is 12.1. The molecular formula is C15H20N2S. The summed E-state index contributed by atoms with van der Waals surface area (Å²) in [5, 5.41) is 4.54. The number of benzene rings is 1. The Balaban J connectivity index is 2.16. The van der Waals surface area contributed by atoms with Gasteiger partial charge in [-0.25, -0.2) is 4.98 Å². The second-order valence-corrected chi connectivity index (χ2v) is 5.67. The molecule has 0 bridgehead atoms. The van der Waals surface area contributed by atoms with Crippen LogP contribution in [0.5, 0.6) is 0 Å². The summed E-state index contributed by atoms with van der Waals surface area (Å²) in [6.07, 6.45) is 3.16. The second kappa shape index (κ2) is 6.12. The standard InChI is InChI=1S/C15H20N2S/c1-4-8-16-9-13-10-17-15(18-13)14-7-5-6-11(2)12(14)3/h5-7,10,16H,4,8-9H2,1-3H3. The number of thiazole rings is 1. The van der Waals surface area contributed by atoms with E-state index in [0.29, 0.717) is 0 Å². The predicted octanol–water partition coefficient (Wildman–Crippen LogP) is 3.93. The second-order valence-electron chi connectivity index (χ2n) is 4.56. The van der Waals surface area contributed by atoms with Crippen molar-refractivity contribution >= 4 is 11.3 Å². The fraction of sp³-hybridized carbons (Fsp3) is 0.400. The number of rotatable bonds is 5. The van der Waals surface area contributed by atoms with Crippen molar-refractivity contribution in [3.8, 4) is 10.6 Å². The fourth-order valence-electron chi connectivity index (χ4n) is 1.88. The Kier molecular flexibility index (Phi) is 4.50. The van der Waals surface area contributed by atoms with E-state index in [9.17, 15) is 0 Å². The average Bonchev–Trinajstić information content (AvgIpc) is 2.82. The van der Waals surface area contributed by atoms with Crippen LogP contribution in [-0.4, -0.2) is 11.5 Å². The zero-order chi connectivity index (χ0) is 13.0. The summed E-state index contributed by atoms with van der Waals surface area (Å²) in [7, 11) is 0. The largest absolute Gasteiger partial charge is 0.312 e. The van der Waals surface area contributed by atoms with Gasteiger partial charge in [0.25, 0.3) is 0 Å². The van der Waals surface area contributed by atoms with E-state index < -0.39 is 0 Å². The van der Waals surface area contributed by atoms with Gasteiger partial charge < -0.3 is 5.32 Å². The van der Waals surface area contributed by atoms with E-state index in [1.807, 2.05) is 6.20 Å². The zero-order valence-electron chi connectivity index (χ0n) is 11.3. The van der Waals surface area contributed by atoms with E-state index in [1.165, 1.54) is 28.0 Å². The number of aryl methyl sites for hydroxylation is 1. The number of aromatic nitrogens is 1. The lowest BCUT2D eigenvalue weighted by molar-refractivity contribution is 0.681. The van der Waals surface area contributed by atoms with Gasteiger partial charge in [0.05, 0.1) is 0 Å². The minimum absolute atomic E-state index is 0.927. The van der Waals surface area contributed by atoms with E-state index in [-0.39, 0.29) is 0 Å². The summed E-state index contributed by atoms with van der Waals surface area (Å²) in [6, 6.07) is 6.41. The summed E-state index contributed by atoms with van der Waals surface area (Å²) < 4.78 is 0. The van der Waals surface area contributed by atoms with Crippen molar-refractivity contribution < 1.29 is 0 Å². The third-order valence-corrected chi connectivity index (χ3v) is 4.15. The van der Waals surface area contributed by atoms with E-state index in [4.69, 9.17) is 0 Å². The highest BCUT2D eigenvalue weighted by molar-refractivity contribution is 7.15. The molecule has 96 valence electrons. The monoisotopic (exact) mass is 260 g/mol. The van der Waals surface area contributed by atoms with Crippen LogP contribution in [0.25, 0.3) is 10.6 Å². The molecule has 0 saturated carbocycles. The molecule has 1 heterocycles. The molecule has 18 heavy (non-hydrogen) atoms. The summed E-state index contributed by atoms with van der Waals surface area (Å²) >= 11 is 1.79. The van der Waals surface area contributed by atoms with Gasteiger partial charge in [-0.2, -0.15) is 0 Å². The maximum atomic E-state index is 4.55. The molecule has 2 aromatic rings. The lowest BCUT2D eigenvalue weighted by atomic mass is 10.0. The Morgan fingerprint density at radius 2 is 2.11 bits per heavy atom. The molecule has 1 N–H and O–H groups in total. The van der Waals surface area contributed by atoms with E-state index >= 15 is 0 Å². The summed E-state index contributed by atoms with van der Waals surface area (Å²) in [4.78, 5) is 5.85. The Hall–Kier alpha value is -1.19. The minimum atomic E-state index is 0.927. The van der Waals surface area contributed by atoms with Crippen LogP contribution in [0, 0.1) is 13.8 Å². The molecule has 1 aromatic heterocycles. The molecule has 0 aliphatic rings. The molecular weight excluding hydrogens is 240 g/mol. The first-order chi connectivity index (χ1) is 8.72. The van der Waals surface area contributed by atoms with Gasteiger partial charge in [0.15, 0.2) is 0 Å². The van der Waals surface area contributed by atoms with E-state index in [0.717, 1.165) is 18.1 Å². The highest BCUT2D eigenvalue weighted by atomic mass is 32.1. The Morgan fingerprint density at radius 3 is 2.89 bits per heavy atom. The first kappa shape index (κ1) is 13.2. The quantitative estimate of drug-likeness (QED) is 0.824. The molecule has 0 saturated heterocycles. The smallest absolute Gasteiger partial charge is 0.123 e. The molecule has 0 aliphatic heterocycles. The van der Waals surface area contributed by atoms with Crippen molar-refractivity contribution in [1.82, 2.24) is 10.3 Å². The van der Waals surface area contributed by atoms with Crippen molar-refractivity contribution in [2.75, 3.05) is 6.54 Å². The van der Waals surface area contributed by atoms with Gasteiger partial charge in [0.2, 0.25) is 0 Å². The third kappa shape index (κ3) is 2.98. The molecule has 0 radical (unpaired) electrons. The van der Waals surface area contributed by atoms with E-state index in [2.05, 4.69) is 49.3 Å². The van der Waals surface area contributed by atoms with Gasteiger partial charge in [-0.3, -0.25) is 0 Å². The van der Waals surface area contributed by atoms with Gasteiger partial charge in [-0.05, 0) is 37.9 Å². The Labute approximate surface area is 113 Å². The normalized spacial score (nSPS) is 10.8. The van der Waals surface area contributed by atoms with E-state index in [1.54, 1.807) is 11.3 Å². The van der Waals surface area contributed by atoms with Crippen LogP contribution in [-0.2, 0) is 6.54 Å². The molecule has 0 atom stereocenters. The topological polar surface area (TPSA) is 24.9 Å². The van der Waals surface area contributed by atoms with Gasteiger partial charge in [-0.1, -0.05) is 25.1 Å². The number of nitrogens with zero attached hydrogens (tertiary/aromatic N) is 1. The summed E-state index contributed by atoms with van der Waals surface area (Å²) in [6.45, 7) is 8.49. The first-order valence-corrected chi connectivity index (χ1v) is 7.26. The molecule has 0 aliphatic carbocycles. The van der Waals surface area contributed by atoms with Crippen LogP contribution in [0.15, 0.2) is 24.4 Å². The molecule has 1 aromatic carbocycles. The first-order valence-electron chi connectivity index (χ1n) is 6.44. The van der Waals surface area contributed by atoms with Crippen LogP contribution in [0.3, 0.4) is 0 Å². The minimum Gasteiger partial charge on any atom is -0.312 e. The predicted molar refractivity (Wildman–Crippen MR) is 79.0 cm³/mol. The maximum Gasteiger partial charge on any atom is 0.123 e. The molecule has 0 amide bonds. The van der Waals surface area contributed by atoms with Crippen LogP contribution in [0.1, 0.15) is 29.3 Å². The molecule has 2 nitrogen and oxygen atoms in total. The van der Waals surface area contributed by atoms with Crippen molar-refractivity contribution in [3.63, 3.8) is 0 Å². The molecule has 0 fully saturated rings. The molecule has 2 rings (SSSR count). The maximum absolute atomic E-state index is 4.55. The molecule has 3 heteroatoms. The van der Waals surface area contributed by atoms with Crippen molar-refractivity contribution in [3.05, 3.63) is 40.4 Å². The van der Waals surface area contributed by atoms with Crippen molar-refractivity contribution in [1.29, 1.82) is 0 Å². The Morgan fingerprint density at radius 1 is 1.28 bits per heavy atom. The summed E-state index contributed by atoms with van der Waals surface area (Å²) in [5.74, 6) is 0. The van der Waals surface area contributed by atoms with Gasteiger partial charge >= 0.3 is 0 Å². The fourth-order valence-corrected chi connectivity index (χ4v) is 2.85. The summed E-state index contributed by atoms with van der Waals surface area (Å²) in [5.41, 5.74) is 3.93. The van der Waals surface area contributed by atoms with Crippen LogP contribution < -0.4 is 5.32 Å². The highest BCUT2D eigenvalue weighted by Crippen LogP contribution is 2.29. The van der Waals surface area contributed by atoms with Gasteiger partial charge in [-0.15, -0.1) is 11.3 Å². The number of hydrogen-bond acceptors (Lipinski definition) is 3. The van der Waals surface area contributed by atoms with Crippen molar-refractivity contribution in [2.24, 2.45) is 0 Å². The molecule has 0 unspecified atom stereocenters. The Bertz CT molecular complexity index is 517. The van der Waals surface area contributed by atoms with Gasteiger partial charge in [0, 0.05) is 23.2 Å². The lowest BCUT2D eigenvalue weighted by Crippen LogP contribution is -2.12.